The topological polar surface area (TPSA) is 25.2 Å². The van der Waals surface area contributed by atoms with Gasteiger partial charge in [-0.3, -0.25) is 0 Å². The first-order valence-corrected chi connectivity index (χ1v) is 6.80. The Kier molecular flexibility index (Phi) is 3.83. The molecule has 0 fully saturated rings. The van der Waals surface area contributed by atoms with Crippen LogP contribution in [0.15, 0.2) is 77.4 Å². The number of anilines is 1. The minimum absolute atomic E-state index is 0.707. The van der Waals surface area contributed by atoms with E-state index in [2.05, 4.69) is 53.8 Å². The normalized spacial score (nSPS) is 10.4. The monoisotopic (exact) mass is 263 g/mol. The molecule has 0 spiro atoms. The molecule has 1 heterocycles. The molecule has 100 valence electrons. The number of benzene rings is 2. The predicted octanol–water partition coefficient (Wildman–Crippen LogP) is 4.48. The van der Waals surface area contributed by atoms with Gasteiger partial charge in [0, 0.05) is 5.69 Å². The van der Waals surface area contributed by atoms with Crippen molar-refractivity contribution in [3.05, 3.63) is 89.9 Å². The third-order valence-corrected chi connectivity index (χ3v) is 3.29. The van der Waals surface area contributed by atoms with Gasteiger partial charge < -0.3 is 9.73 Å². The summed E-state index contributed by atoms with van der Waals surface area (Å²) in [5.41, 5.74) is 3.78. The molecule has 1 N–H and O–H groups in total. The Hall–Kier alpha value is -2.48. The van der Waals surface area contributed by atoms with Gasteiger partial charge in [-0.1, -0.05) is 48.5 Å². The highest BCUT2D eigenvalue weighted by Gasteiger charge is 2.03. The molecule has 0 radical (unpaired) electrons. The molecule has 3 aromatic rings. The molecular weight excluding hydrogens is 246 g/mol. The Morgan fingerprint density at radius 2 is 1.60 bits per heavy atom. The van der Waals surface area contributed by atoms with Crippen LogP contribution in [-0.2, 0) is 13.0 Å². The Labute approximate surface area is 119 Å². The molecule has 3 rings (SSSR count). The van der Waals surface area contributed by atoms with E-state index in [-0.39, 0.29) is 0 Å². The zero-order chi connectivity index (χ0) is 13.6. The van der Waals surface area contributed by atoms with E-state index in [0.29, 0.717) is 6.54 Å². The average Bonchev–Trinajstić information content (AvgIpc) is 3.01. The molecule has 0 amide bonds. The van der Waals surface area contributed by atoms with Gasteiger partial charge in [0.2, 0.25) is 0 Å². The van der Waals surface area contributed by atoms with Crippen LogP contribution in [0.3, 0.4) is 0 Å². The highest BCUT2D eigenvalue weighted by Crippen LogP contribution is 2.19. The fraction of sp³-hybridized carbons (Fsp3) is 0.111. The molecule has 0 saturated carbocycles. The first kappa shape index (κ1) is 12.5. The molecule has 2 nitrogen and oxygen atoms in total. The van der Waals surface area contributed by atoms with Gasteiger partial charge in [-0.25, -0.2) is 0 Å². The van der Waals surface area contributed by atoms with Crippen LogP contribution in [0.5, 0.6) is 0 Å². The molecule has 2 heteroatoms. The van der Waals surface area contributed by atoms with Crippen molar-refractivity contribution in [3.63, 3.8) is 0 Å². The van der Waals surface area contributed by atoms with Gasteiger partial charge in [-0.2, -0.15) is 0 Å². The van der Waals surface area contributed by atoms with Gasteiger partial charge in [0.05, 0.1) is 12.8 Å². The molecule has 1 aromatic heterocycles. The molecule has 0 aliphatic rings. The largest absolute Gasteiger partial charge is 0.467 e. The third kappa shape index (κ3) is 3.09. The molecular formula is C18H17NO. The maximum Gasteiger partial charge on any atom is 0.122 e. The molecule has 0 saturated heterocycles. The molecule has 2 aromatic carbocycles. The number of rotatable bonds is 5. The van der Waals surface area contributed by atoms with Gasteiger partial charge in [-0.15, -0.1) is 0 Å². The minimum atomic E-state index is 0.707. The Balaban J connectivity index is 1.74. The van der Waals surface area contributed by atoms with Crippen LogP contribution in [0.25, 0.3) is 0 Å². The SMILES string of the molecule is c1ccc(Cc2ccccc2NCc2ccco2)cc1. The summed E-state index contributed by atoms with van der Waals surface area (Å²) in [6, 6.07) is 22.8. The highest BCUT2D eigenvalue weighted by molar-refractivity contribution is 5.52. The molecule has 0 aliphatic heterocycles. The van der Waals surface area contributed by atoms with Crippen molar-refractivity contribution >= 4 is 5.69 Å². The second kappa shape index (κ2) is 6.11. The van der Waals surface area contributed by atoms with Crippen molar-refractivity contribution in [2.75, 3.05) is 5.32 Å². The lowest BCUT2D eigenvalue weighted by atomic mass is 10.0. The summed E-state index contributed by atoms with van der Waals surface area (Å²) in [6.07, 6.45) is 2.63. The fourth-order valence-electron chi connectivity index (χ4n) is 2.26. The van der Waals surface area contributed by atoms with Gasteiger partial charge in [0.15, 0.2) is 0 Å². The van der Waals surface area contributed by atoms with Gasteiger partial charge in [-0.05, 0) is 35.7 Å². The summed E-state index contributed by atoms with van der Waals surface area (Å²) in [5.74, 6) is 0.944. The van der Waals surface area contributed by atoms with Crippen molar-refractivity contribution < 1.29 is 4.42 Å². The molecule has 0 unspecified atom stereocenters. The minimum Gasteiger partial charge on any atom is -0.467 e. The van der Waals surface area contributed by atoms with Crippen molar-refractivity contribution in [1.29, 1.82) is 0 Å². The number of para-hydroxylation sites is 1. The maximum atomic E-state index is 5.35. The maximum absolute atomic E-state index is 5.35. The number of furan rings is 1. The summed E-state index contributed by atoms with van der Waals surface area (Å²) < 4.78 is 5.35. The van der Waals surface area contributed by atoms with Gasteiger partial charge in [0.1, 0.15) is 5.76 Å². The van der Waals surface area contributed by atoms with Crippen LogP contribution in [0, 0.1) is 0 Å². The zero-order valence-electron chi connectivity index (χ0n) is 11.3. The standard InChI is InChI=1S/C18H17NO/c1-2-7-15(8-3-1)13-16-9-4-5-11-18(16)19-14-17-10-6-12-20-17/h1-12,19H,13-14H2. The summed E-state index contributed by atoms with van der Waals surface area (Å²) >= 11 is 0. The molecule has 0 aliphatic carbocycles. The summed E-state index contributed by atoms with van der Waals surface area (Å²) in [4.78, 5) is 0. The lowest BCUT2D eigenvalue weighted by molar-refractivity contribution is 0.518. The smallest absolute Gasteiger partial charge is 0.122 e. The van der Waals surface area contributed by atoms with Gasteiger partial charge in [0.25, 0.3) is 0 Å². The number of nitrogens with one attached hydrogen (secondary N) is 1. The van der Waals surface area contributed by atoms with Crippen LogP contribution in [0.2, 0.25) is 0 Å². The highest BCUT2D eigenvalue weighted by atomic mass is 16.3. The van der Waals surface area contributed by atoms with Gasteiger partial charge >= 0.3 is 0 Å². The van der Waals surface area contributed by atoms with Crippen LogP contribution < -0.4 is 5.32 Å². The molecule has 0 bridgehead atoms. The number of hydrogen-bond acceptors (Lipinski definition) is 2. The lowest BCUT2D eigenvalue weighted by Gasteiger charge is -2.11. The Bertz CT molecular complexity index is 644. The zero-order valence-corrected chi connectivity index (χ0v) is 11.3. The van der Waals surface area contributed by atoms with Crippen molar-refractivity contribution in [2.45, 2.75) is 13.0 Å². The summed E-state index contributed by atoms with van der Waals surface area (Å²) in [7, 11) is 0. The van der Waals surface area contributed by atoms with E-state index in [1.807, 2.05) is 18.2 Å². The second-order valence-corrected chi connectivity index (χ2v) is 4.75. The summed E-state index contributed by atoms with van der Waals surface area (Å²) in [5, 5.41) is 3.44. The van der Waals surface area contributed by atoms with Crippen molar-refractivity contribution in [1.82, 2.24) is 0 Å². The summed E-state index contributed by atoms with van der Waals surface area (Å²) in [6.45, 7) is 0.707. The van der Waals surface area contributed by atoms with E-state index < -0.39 is 0 Å². The average molecular weight is 263 g/mol. The van der Waals surface area contributed by atoms with E-state index in [4.69, 9.17) is 4.42 Å². The second-order valence-electron chi connectivity index (χ2n) is 4.75. The van der Waals surface area contributed by atoms with Crippen LogP contribution in [0.1, 0.15) is 16.9 Å². The van der Waals surface area contributed by atoms with Crippen LogP contribution >= 0.6 is 0 Å². The Morgan fingerprint density at radius 3 is 2.40 bits per heavy atom. The third-order valence-electron chi connectivity index (χ3n) is 3.29. The van der Waals surface area contributed by atoms with Crippen molar-refractivity contribution in [3.8, 4) is 0 Å². The lowest BCUT2D eigenvalue weighted by Crippen LogP contribution is -2.02. The predicted molar refractivity (Wildman–Crippen MR) is 81.7 cm³/mol. The first-order chi connectivity index (χ1) is 9.92. The van der Waals surface area contributed by atoms with E-state index in [1.54, 1.807) is 6.26 Å². The first-order valence-electron chi connectivity index (χ1n) is 6.80. The van der Waals surface area contributed by atoms with Crippen LogP contribution in [-0.4, -0.2) is 0 Å². The fourth-order valence-corrected chi connectivity index (χ4v) is 2.26. The van der Waals surface area contributed by atoms with E-state index in [0.717, 1.165) is 17.9 Å². The molecule has 0 atom stereocenters. The van der Waals surface area contributed by atoms with E-state index >= 15 is 0 Å². The quantitative estimate of drug-likeness (QED) is 0.734. The van der Waals surface area contributed by atoms with E-state index in [1.165, 1.54) is 11.1 Å². The number of hydrogen-bond donors (Lipinski definition) is 1. The molecule has 20 heavy (non-hydrogen) atoms. The van der Waals surface area contributed by atoms with Crippen molar-refractivity contribution in [2.24, 2.45) is 0 Å². The van der Waals surface area contributed by atoms with Crippen LogP contribution in [0.4, 0.5) is 5.69 Å². The Morgan fingerprint density at radius 1 is 0.800 bits per heavy atom. The van der Waals surface area contributed by atoms with E-state index in [9.17, 15) is 0 Å².